The van der Waals surface area contributed by atoms with Crippen molar-refractivity contribution in [3.63, 3.8) is 0 Å². The monoisotopic (exact) mass is 501 g/mol. The zero-order chi connectivity index (χ0) is 26.7. The molecule has 8 heteroatoms. The molecule has 0 aliphatic carbocycles. The average molecular weight is 502 g/mol. The molecule has 0 unspecified atom stereocenters. The number of aryl methyl sites for hydroxylation is 2. The van der Waals surface area contributed by atoms with Crippen molar-refractivity contribution in [2.45, 2.75) is 40.3 Å². The van der Waals surface area contributed by atoms with Crippen LogP contribution in [0.3, 0.4) is 0 Å². The summed E-state index contributed by atoms with van der Waals surface area (Å²) >= 11 is 0. The second-order valence-electron chi connectivity index (χ2n) is 9.94. The Balaban J connectivity index is 1.66. The Morgan fingerprint density at radius 2 is 1.84 bits per heavy atom. The molecule has 2 aromatic carbocycles. The highest BCUT2D eigenvalue weighted by Crippen LogP contribution is 2.30. The van der Waals surface area contributed by atoms with Crippen molar-refractivity contribution in [3.8, 4) is 16.9 Å². The second-order valence-corrected chi connectivity index (χ2v) is 9.94. The molecule has 0 saturated carbocycles. The standard InChI is InChI=1S/C29H35N5O3/c1-18(2)34-27-15-22(21-7-9-23(10-8-21)37-12-11-33(5)6)14-24(26(27)17-31-34)28(35)30-16-25-19(3)13-20(4)32-29(25)36/h7-10,13-15,17-18H,11-12,16H2,1-6H3,(H,30,35)(H,32,36). The van der Waals surface area contributed by atoms with E-state index in [1.807, 2.05) is 69.0 Å². The van der Waals surface area contributed by atoms with E-state index in [4.69, 9.17) is 4.74 Å². The molecule has 0 saturated heterocycles. The lowest BCUT2D eigenvalue weighted by Gasteiger charge is -2.13. The Kier molecular flexibility index (Phi) is 7.78. The summed E-state index contributed by atoms with van der Waals surface area (Å²) in [5, 5.41) is 8.27. The third kappa shape index (κ3) is 5.91. The SMILES string of the molecule is Cc1cc(C)c(CNC(=O)c2cc(-c3ccc(OCCN(C)C)cc3)cc3c2cnn3C(C)C)c(=O)[nH]1. The first kappa shape index (κ1) is 26.2. The third-order valence-corrected chi connectivity index (χ3v) is 6.36. The summed E-state index contributed by atoms with van der Waals surface area (Å²) in [5.74, 6) is 0.550. The van der Waals surface area contributed by atoms with Crippen LogP contribution in [-0.4, -0.2) is 52.8 Å². The highest BCUT2D eigenvalue weighted by Gasteiger charge is 2.18. The van der Waals surface area contributed by atoms with Crippen LogP contribution in [0.1, 0.15) is 47.1 Å². The summed E-state index contributed by atoms with van der Waals surface area (Å²) in [4.78, 5) is 30.7. The fourth-order valence-corrected chi connectivity index (χ4v) is 4.37. The lowest BCUT2D eigenvalue weighted by Crippen LogP contribution is -2.28. The number of H-pyrrole nitrogens is 1. The van der Waals surface area contributed by atoms with Crippen LogP contribution >= 0.6 is 0 Å². The number of carbonyl (C=O) groups is 1. The van der Waals surface area contributed by atoms with Gasteiger partial charge in [-0.1, -0.05) is 12.1 Å². The number of fused-ring (bicyclic) bond motifs is 1. The van der Waals surface area contributed by atoms with Crippen LogP contribution < -0.4 is 15.6 Å². The first-order valence-corrected chi connectivity index (χ1v) is 12.5. The number of carbonyl (C=O) groups excluding carboxylic acids is 1. The van der Waals surface area contributed by atoms with E-state index in [1.165, 1.54) is 0 Å². The summed E-state index contributed by atoms with van der Waals surface area (Å²) in [6.07, 6.45) is 1.74. The number of pyridine rings is 1. The van der Waals surface area contributed by atoms with Crippen molar-refractivity contribution in [1.29, 1.82) is 0 Å². The van der Waals surface area contributed by atoms with Gasteiger partial charge in [-0.15, -0.1) is 0 Å². The average Bonchev–Trinajstić information content (AvgIpc) is 3.27. The lowest BCUT2D eigenvalue weighted by atomic mass is 9.99. The van der Waals surface area contributed by atoms with Gasteiger partial charge in [0.1, 0.15) is 12.4 Å². The van der Waals surface area contributed by atoms with Gasteiger partial charge >= 0.3 is 0 Å². The first-order valence-electron chi connectivity index (χ1n) is 12.5. The first-order chi connectivity index (χ1) is 17.6. The number of likely N-dealkylation sites (N-methyl/N-ethyl adjacent to an activating group) is 1. The normalized spacial score (nSPS) is 11.5. The van der Waals surface area contributed by atoms with Gasteiger partial charge in [0.25, 0.3) is 11.5 Å². The van der Waals surface area contributed by atoms with E-state index >= 15 is 0 Å². The molecule has 0 atom stereocenters. The minimum Gasteiger partial charge on any atom is -0.492 e. The third-order valence-electron chi connectivity index (χ3n) is 6.36. The summed E-state index contributed by atoms with van der Waals surface area (Å²) in [5.41, 5.74) is 5.29. The van der Waals surface area contributed by atoms with Crippen LogP contribution in [0.15, 0.2) is 53.5 Å². The fourth-order valence-electron chi connectivity index (χ4n) is 4.37. The van der Waals surface area contributed by atoms with Gasteiger partial charge < -0.3 is 19.9 Å². The van der Waals surface area contributed by atoms with E-state index in [9.17, 15) is 9.59 Å². The smallest absolute Gasteiger partial charge is 0.253 e. The van der Waals surface area contributed by atoms with Gasteiger partial charge in [0, 0.05) is 35.8 Å². The van der Waals surface area contributed by atoms with E-state index in [2.05, 4.69) is 40.2 Å². The molecule has 0 aliphatic rings. The van der Waals surface area contributed by atoms with Crippen molar-refractivity contribution in [3.05, 3.63) is 81.4 Å². The molecule has 0 bridgehead atoms. The molecule has 1 amide bonds. The molecule has 37 heavy (non-hydrogen) atoms. The minimum atomic E-state index is -0.252. The van der Waals surface area contributed by atoms with E-state index in [0.717, 1.165) is 45.6 Å². The molecule has 2 aromatic heterocycles. The van der Waals surface area contributed by atoms with Gasteiger partial charge in [0.15, 0.2) is 0 Å². The number of nitrogens with zero attached hydrogens (tertiary/aromatic N) is 3. The number of rotatable bonds is 9. The second kappa shape index (κ2) is 11.0. The quantitative estimate of drug-likeness (QED) is 0.353. The number of benzene rings is 2. The van der Waals surface area contributed by atoms with Crippen molar-refractivity contribution in [2.75, 3.05) is 27.2 Å². The summed E-state index contributed by atoms with van der Waals surface area (Å²) in [6.45, 7) is 9.43. The topological polar surface area (TPSA) is 92.2 Å². The molecule has 2 heterocycles. The predicted octanol–water partition coefficient (Wildman–Crippen LogP) is 4.46. The zero-order valence-electron chi connectivity index (χ0n) is 22.4. The molecule has 0 fully saturated rings. The highest BCUT2D eigenvalue weighted by molar-refractivity contribution is 6.08. The number of amides is 1. The number of hydrogen-bond donors (Lipinski definition) is 2. The predicted molar refractivity (Wildman–Crippen MR) is 147 cm³/mol. The van der Waals surface area contributed by atoms with Crippen LogP contribution in [0.4, 0.5) is 0 Å². The van der Waals surface area contributed by atoms with Crippen LogP contribution in [0.5, 0.6) is 5.75 Å². The van der Waals surface area contributed by atoms with Gasteiger partial charge in [-0.3, -0.25) is 14.3 Å². The maximum Gasteiger partial charge on any atom is 0.253 e. The van der Waals surface area contributed by atoms with Gasteiger partial charge in [-0.2, -0.15) is 5.10 Å². The van der Waals surface area contributed by atoms with Crippen LogP contribution in [0.25, 0.3) is 22.0 Å². The Labute approximate surface area is 217 Å². The lowest BCUT2D eigenvalue weighted by molar-refractivity contribution is 0.0952. The maximum absolute atomic E-state index is 13.4. The molecule has 0 spiro atoms. The number of aromatic nitrogens is 3. The minimum absolute atomic E-state index is 0.130. The molecule has 2 N–H and O–H groups in total. The molecule has 0 aliphatic heterocycles. The van der Waals surface area contributed by atoms with Gasteiger partial charge in [-0.25, -0.2) is 0 Å². The molecule has 4 aromatic rings. The van der Waals surface area contributed by atoms with Gasteiger partial charge in [-0.05, 0) is 88.8 Å². The number of aromatic amines is 1. The van der Waals surface area contributed by atoms with E-state index in [-0.39, 0.29) is 24.1 Å². The number of hydrogen-bond acceptors (Lipinski definition) is 5. The Hall–Kier alpha value is -3.91. The Bertz CT molecular complexity index is 1470. The Morgan fingerprint density at radius 3 is 2.49 bits per heavy atom. The zero-order valence-corrected chi connectivity index (χ0v) is 22.4. The van der Waals surface area contributed by atoms with Crippen molar-refractivity contribution in [2.24, 2.45) is 0 Å². The summed E-state index contributed by atoms with van der Waals surface area (Å²) in [6, 6.07) is 13.9. The summed E-state index contributed by atoms with van der Waals surface area (Å²) < 4.78 is 7.75. The van der Waals surface area contributed by atoms with Gasteiger partial charge in [0.2, 0.25) is 0 Å². The van der Waals surface area contributed by atoms with E-state index < -0.39 is 0 Å². The molecular weight excluding hydrogens is 466 g/mol. The van der Waals surface area contributed by atoms with Crippen molar-refractivity contribution < 1.29 is 9.53 Å². The Morgan fingerprint density at radius 1 is 1.11 bits per heavy atom. The van der Waals surface area contributed by atoms with Crippen LogP contribution in [-0.2, 0) is 6.54 Å². The maximum atomic E-state index is 13.4. The molecule has 0 radical (unpaired) electrons. The summed E-state index contributed by atoms with van der Waals surface area (Å²) in [7, 11) is 4.02. The molecular formula is C29H35N5O3. The highest BCUT2D eigenvalue weighted by atomic mass is 16.5. The van der Waals surface area contributed by atoms with Crippen LogP contribution in [0, 0.1) is 13.8 Å². The molecule has 4 rings (SSSR count). The van der Waals surface area contributed by atoms with E-state index in [0.29, 0.717) is 17.7 Å². The van der Waals surface area contributed by atoms with Crippen molar-refractivity contribution >= 4 is 16.8 Å². The van der Waals surface area contributed by atoms with Crippen molar-refractivity contribution in [1.82, 2.24) is 25.0 Å². The molecule has 194 valence electrons. The number of nitrogens with one attached hydrogen (secondary N) is 2. The van der Waals surface area contributed by atoms with E-state index in [1.54, 1.807) is 6.20 Å². The number of ether oxygens (including phenoxy) is 1. The fraction of sp³-hybridized carbons (Fsp3) is 0.345. The van der Waals surface area contributed by atoms with Gasteiger partial charge in [0.05, 0.1) is 17.3 Å². The largest absolute Gasteiger partial charge is 0.492 e. The van der Waals surface area contributed by atoms with Crippen LogP contribution in [0.2, 0.25) is 0 Å². The molecule has 8 nitrogen and oxygen atoms in total.